The van der Waals surface area contributed by atoms with Crippen LogP contribution in [0, 0.1) is 0 Å². The third-order valence-corrected chi connectivity index (χ3v) is 5.44. The van der Waals surface area contributed by atoms with Crippen molar-refractivity contribution >= 4 is 43.8 Å². The van der Waals surface area contributed by atoms with Crippen LogP contribution in [-0.4, -0.2) is 20.1 Å². The van der Waals surface area contributed by atoms with Gasteiger partial charge in [-0.1, -0.05) is 36.4 Å². The van der Waals surface area contributed by atoms with Gasteiger partial charge >= 0.3 is 0 Å². The van der Waals surface area contributed by atoms with Crippen LogP contribution in [0.15, 0.2) is 71.6 Å². The molecule has 0 aromatic heterocycles. The lowest BCUT2D eigenvalue weighted by Crippen LogP contribution is -2.13. The van der Waals surface area contributed by atoms with Gasteiger partial charge in [-0.25, -0.2) is 8.42 Å². The topological polar surface area (TPSA) is 55.4 Å². The maximum Gasteiger partial charge on any atom is 0.261 e. The maximum absolute atomic E-state index is 12.7. The van der Waals surface area contributed by atoms with Crippen molar-refractivity contribution in [2.75, 3.05) is 11.3 Å². The zero-order chi connectivity index (χ0) is 17.9. The van der Waals surface area contributed by atoms with Crippen LogP contribution in [0.5, 0.6) is 0 Å². The fraction of sp³-hybridized carbons (Fsp3) is 0.105. The number of benzene rings is 3. The average molecular weight is 371 g/mol. The molecule has 0 saturated heterocycles. The lowest BCUT2D eigenvalue weighted by Gasteiger charge is -2.11. The van der Waals surface area contributed by atoms with E-state index in [1.54, 1.807) is 18.2 Å². The molecule has 0 spiro atoms. The first-order valence-electron chi connectivity index (χ1n) is 7.79. The molecule has 0 amide bonds. The van der Waals surface area contributed by atoms with Gasteiger partial charge in [0, 0.05) is 10.9 Å². The van der Waals surface area contributed by atoms with E-state index in [0.717, 1.165) is 10.8 Å². The predicted molar refractivity (Wildman–Crippen MR) is 105 cm³/mol. The highest BCUT2D eigenvalue weighted by Gasteiger charge is 2.16. The number of nitrogens with one attached hydrogen (secondary N) is 1. The van der Waals surface area contributed by atoms with Crippen LogP contribution >= 0.6 is 12.2 Å². The highest BCUT2D eigenvalue weighted by atomic mass is 32.2. The second-order valence-electron chi connectivity index (χ2n) is 5.38. The Morgan fingerprint density at radius 2 is 1.68 bits per heavy atom. The molecule has 0 saturated carbocycles. The monoisotopic (exact) mass is 371 g/mol. The summed E-state index contributed by atoms with van der Waals surface area (Å²) in [5.41, 5.74) is 1.23. The van der Waals surface area contributed by atoms with Gasteiger partial charge in [-0.05, 0) is 54.9 Å². The number of ether oxygens (including phenoxy) is 1. The molecule has 1 N–H and O–H groups in total. The molecule has 0 radical (unpaired) electrons. The third kappa shape index (κ3) is 3.81. The molecule has 3 aromatic carbocycles. The molecule has 0 heterocycles. The van der Waals surface area contributed by atoms with E-state index in [4.69, 9.17) is 17.0 Å². The number of hydrogen-bond acceptors (Lipinski definition) is 4. The fourth-order valence-electron chi connectivity index (χ4n) is 2.50. The van der Waals surface area contributed by atoms with Gasteiger partial charge in [0.25, 0.3) is 10.0 Å². The fourth-order valence-corrected chi connectivity index (χ4v) is 3.84. The number of thiocarbonyl (C=S) groups is 1. The van der Waals surface area contributed by atoms with E-state index in [2.05, 4.69) is 4.72 Å². The summed E-state index contributed by atoms with van der Waals surface area (Å²) in [5.74, 6) is 0. The smallest absolute Gasteiger partial charge is 0.261 e. The average Bonchev–Trinajstić information content (AvgIpc) is 2.62. The molecule has 0 aliphatic carbocycles. The van der Waals surface area contributed by atoms with Crippen molar-refractivity contribution in [3.63, 3.8) is 0 Å². The first-order chi connectivity index (χ1) is 12.0. The molecule has 128 valence electrons. The third-order valence-electron chi connectivity index (χ3n) is 3.71. The van der Waals surface area contributed by atoms with Gasteiger partial charge < -0.3 is 4.74 Å². The Hall–Kier alpha value is -2.44. The summed E-state index contributed by atoms with van der Waals surface area (Å²) in [6, 6.07) is 19.5. The van der Waals surface area contributed by atoms with Gasteiger partial charge in [0.1, 0.15) is 0 Å². The van der Waals surface area contributed by atoms with Crippen LogP contribution in [0.4, 0.5) is 5.69 Å². The first kappa shape index (κ1) is 17.4. The van der Waals surface area contributed by atoms with Gasteiger partial charge in [-0.2, -0.15) is 0 Å². The van der Waals surface area contributed by atoms with Crippen molar-refractivity contribution in [1.29, 1.82) is 0 Å². The quantitative estimate of drug-likeness (QED) is 0.678. The Bertz CT molecular complexity index is 1010. The predicted octanol–water partition coefficient (Wildman–Crippen LogP) is 4.35. The van der Waals surface area contributed by atoms with E-state index in [0.29, 0.717) is 22.9 Å². The standard InChI is InChI=1S/C19H17NO3S2/c1-2-23-19(24)15-10-12-16(13-11-15)25(21,22)20-18-9-5-7-14-6-3-4-8-17(14)18/h3-13,20H,2H2,1H3. The Balaban J connectivity index is 1.90. The number of hydrogen-bond donors (Lipinski definition) is 1. The number of rotatable bonds is 5. The summed E-state index contributed by atoms with van der Waals surface area (Å²) < 4.78 is 33.3. The maximum atomic E-state index is 12.7. The molecule has 3 aromatic rings. The molecule has 0 aliphatic rings. The minimum atomic E-state index is -3.69. The molecule has 0 fully saturated rings. The molecule has 3 rings (SSSR count). The van der Waals surface area contributed by atoms with E-state index in [1.165, 1.54) is 12.1 Å². The lowest BCUT2D eigenvalue weighted by atomic mass is 10.1. The highest BCUT2D eigenvalue weighted by Crippen LogP contribution is 2.25. The summed E-state index contributed by atoms with van der Waals surface area (Å²) in [6.45, 7) is 2.32. The molecule has 0 aliphatic heterocycles. The van der Waals surface area contributed by atoms with Crippen molar-refractivity contribution in [3.8, 4) is 0 Å². The molecule has 0 unspecified atom stereocenters. The van der Waals surface area contributed by atoms with Crippen LogP contribution in [0.25, 0.3) is 10.8 Å². The van der Waals surface area contributed by atoms with Crippen molar-refractivity contribution in [3.05, 3.63) is 72.3 Å². The van der Waals surface area contributed by atoms with Gasteiger partial charge in [-0.15, -0.1) is 0 Å². The number of fused-ring (bicyclic) bond motifs is 1. The zero-order valence-corrected chi connectivity index (χ0v) is 15.2. The number of anilines is 1. The summed E-state index contributed by atoms with van der Waals surface area (Å²) in [6.07, 6.45) is 0. The normalized spacial score (nSPS) is 11.2. The van der Waals surface area contributed by atoms with Gasteiger partial charge in [0.15, 0.2) is 5.05 Å². The Morgan fingerprint density at radius 3 is 2.40 bits per heavy atom. The van der Waals surface area contributed by atoms with Crippen LogP contribution in [0.2, 0.25) is 0 Å². The van der Waals surface area contributed by atoms with Crippen molar-refractivity contribution < 1.29 is 13.2 Å². The minimum Gasteiger partial charge on any atom is -0.483 e. The van der Waals surface area contributed by atoms with Crippen LogP contribution in [0.1, 0.15) is 12.5 Å². The van der Waals surface area contributed by atoms with Gasteiger partial charge in [0.05, 0.1) is 17.2 Å². The van der Waals surface area contributed by atoms with Crippen molar-refractivity contribution in [2.24, 2.45) is 0 Å². The number of sulfonamides is 1. The Kier molecular flexibility index (Phi) is 5.01. The largest absolute Gasteiger partial charge is 0.483 e. The second-order valence-corrected chi connectivity index (χ2v) is 7.43. The highest BCUT2D eigenvalue weighted by molar-refractivity contribution is 7.92. The molecular formula is C19H17NO3S2. The van der Waals surface area contributed by atoms with Crippen molar-refractivity contribution in [1.82, 2.24) is 0 Å². The van der Waals surface area contributed by atoms with Crippen LogP contribution in [-0.2, 0) is 14.8 Å². The second kappa shape index (κ2) is 7.21. The molecular weight excluding hydrogens is 354 g/mol. The Labute approximate surface area is 152 Å². The van der Waals surface area contributed by atoms with E-state index in [1.807, 2.05) is 43.3 Å². The summed E-state index contributed by atoms with van der Waals surface area (Å²) in [7, 11) is -3.69. The van der Waals surface area contributed by atoms with Gasteiger partial charge in [-0.3, -0.25) is 4.72 Å². The van der Waals surface area contributed by atoms with E-state index in [9.17, 15) is 8.42 Å². The summed E-state index contributed by atoms with van der Waals surface area (Å²) in [4.78, 5) is 0.170. The van der Waals surface area contributed by atoms with Crippen LogP contribution in [0.3, 0.4) is 0 Å². The summed E-state index contributed by atoms with van der Waals surface area (Å²) >= 11 is 5.13. The van der Waals surface area contributed by atoms with Crippen LogP contribution < -0.4 is 4.72 Å². The van der Waals surface area contributed by atoms with Gasteiger partial charge in [0.2, 0.25) is 0 Å². The molecule has 0 bridgehead atoms. The summed E-state index contributed by atoms with van der Waals surface area (Å²) in [5, 5.41) is 2.18. The molecule has 0 atom stereocenters. The zero-order valence-electron chi connectivity index (χ0n) is 13.6. The Morgan fingerprint density at radius 1 is 1.00 bits per heavy atom. The van der Waals surface area contributed by atoms with E-state index < -0.39 is 10.0 Å². The van der Waals surface area contributed by atoms with E-state index >= 15 is 0 Å². The molecule has 25 heavy (non-hydrogen) atoms. The molecule has 6 heteroatoms. The minimum absolute atomic E-state index is 0.170. The first-order valence-corrected chi connectivity index (χ1v) is 9.68. The van der Waals surface area contributed by atoms with Crippen molar-refractivity contribution in [2.45, 2.75) is 11.8 Å². The molecule has 4 nitrogen and oxygen atoms in total. The van der Waals surface area contributed by atoms with E-state index in [-0.39, 0.29) is 4.90 Å². The lowest BCUT2D eigenvalue weighted by molar-refractivity contribution is 0.337. The SMILES string of the molecule is CCOC(=S)c1ccc(S(=O)(=O)Nc2cccc3ccccc23)cc1.